The van der Waals surface area contributed by atoms with E-state index < -0.39 is 10.9 Å². The zero-order valence-corrected chi connectivity index (χ0v) is 16.9. The minimum atomic E-state index is -0.459. The van der Waals surface area contributed by atoms with Gasteiger partial charge in [0.25, 0.3) is 0 Å². The van der Waals surface area contributed by atoms with E-state index in [1.807, 2.05) is 48.5 Å². The van der Waals surface area contributed by atoms with Crippen LogP contribution in [-0.4, -0.2) is 7.11 Å². The first-order chi connectivity index (χ1) is 12.0. The maximum Gasteiger partial charge on any atom is 0.169 e. The Kier molecular flexibility index (Phi) is 6.08. The molecule has 3 aromatic rings. The van der Waals surface area contributed by atoms with Gasteiger partial charge in [0.2, 0.25) is 0 Å². The molecule has 0 aromatic heterocycles. The van der Waals surface area contributed by atoms with Gasteiger partial charge >= 0.3 is 0 Å². The summed E-state index contributed by atoms with van der Waals surface area (Å²) in [7, 11) is 1.18. The van der Waals surface area contributed by atoms with E-state index in [9.17, 15) is 0 Å². The lowest BCUT2D eigenvalue weighted by Crippen LogP contribution is -2.05. The lowest BCUT2D eigenvalue weighted by atomic mass is 10.3. The quantitative estimate of drug-likeness (QED) is 0.391. The van der Waals surface area contributed by atoms with Crippen molar-refractivity contribution in [2.75, 3.05) is 7.11 Å². The Morgan fingerprint density at radius 2 is 1.00 bits per heavy atom. The molecule has 0 heterocycles. The molecule has 0 bridgehead atoms. The number of rotatable bonds is 4. The van der Waals surface area contributed by atoms with Gasteiger partial charge < -0.3 is 4.74 Å². The third-order valence-corrected chi connectivity index (χ3v) is 6.47. The van der Waals surface area contributed by atoms with Crippen molar-refractivity contribution in [1.29, 1.82) is 0 Å². The van der Waals surface area contributed by atoms with Crippen LogP contribution in [0.2, 0.25) is 20.1 Å². The van der Waals surface area contributed by atoms with Crippen molar-refractivity contribution in [1.82, 2.24) is 0 Å². The van der Waals surface area contributed by atoms with Crippen LogP contribution in [0.15, 0.2) is 75.4 Å². The van der Waals surface area contributed by atoms with E-state index in [2.05, 4.69) is 0 Å². The SMILES string of the molecule is COc1ccc([S+](c2cc(Cl)cc(Cl)c2)c2cc(Cl)cc(Cl)c2)cc1. The van der Waals surface area contributed by atoms with Crippen LogP contribution in [0.1, 0.15) is 0 Å². The molecule has 1 nitrogen and oxygen atoms in total. The van der Waals surface area contributed by atoms with Crippen molar-refractivity contribution in [2.24, 2.45) is 0 Å². The summed E-state index contributed by atoms with van der Waals surface area (Å²) in [5, 5.41) is 2.34. The largest absolute Gasteiger partial charge is 0.497 e. The highest BCUT2D eigenvalue weighted by Gasteiger charge is 2.30. The molecule has 0 aliphatic carbocycles. The molecule has 25 heavy (non-hydrogen) atoms. The Labute approximate surface area is 169 Å². The minimum Gasteiger partial charge on any atom is -0.497 e. The predicted octanol–water partition coefficient (Wildman–Crippen LogP) is 7.40. The minimum absolute atomic E-state index is 0.459. The van der Waals surface area contributed by atoms with Gasteiger partial charge in [-0.1, -0.05) is 46.4 Å². The highest BCUT2D eigenvalue weighted by Crippen LogP contribution is 2.37. The molecule has 0 amide bonds. The van der Waals surface area contributed by atoms with Gasteiger partial charge in [0.15, 0.2) is 14.7 Å². The lowest BCUT2D eigenvalue weighted by molar-refractivity contribution is 0.414. The molecule has 0 atom stereocenters. The molecule has 6 heteroatoms. The summed E-state index contributed by atoms with van der Waals surface area (Å²) in [6.45, 7) is 0. The van der Waals surface area contributed by atoms with E-state index in [-0.39, 0.29) is 0 Å². The van der Waals surface area contributed by atoms with E-state index in [0.717, 1.165) is 20.4 Å². The topological polar surface area (TPSA) is 9.23 Å². The summed E-state index contributed by atoms with van der Waals surface area (Å²) >= 11 is 24.9. The zero-order valence-electron chi connectivity index (χ0n) is 13.1. The van der Waals surface area contributed by atoms with Crippen molar-refractivity contribution < 1.29 is 4.74 Å². The highest BCUT2D eigenvalue weighted by atomic mass is 35.5. The van der Waals surface area contributed by atoms with Crippen LogP contribution in [-0.2, 0) is 10.9 Å². The van der Waals surface area contributed by atoms with Crippen LogP contribution in [0, 0.1) is 0 Å². The maximum absolute atomic E-state index is 6.23. The zero-order chi connectivity index (χ0) is 18.0. The number of ether oxygens (including phenoxy) is 1. The maximum atomic E-state index is 6.23. The van der Waals surface area contributed by atoms with Crippen LogP contribution in [0.3, 0.4) is 0 Å². The third kappa shape index (κ3) is 4.58. The first-order valence-corrected chi connectivity index (χ1v) is 10.0. The van der Waals surface area contributed by atoms with Crippen LogP contribution in [0.4, 0.5) is 0 Å². The Bertz CT molecular complexity index is 804. The van der Waals surface area contributed by atoms with Crippen molar-refractivity contribution >= 4 is 57.3 Å². The molecular weight excluding hydrogens is 418 g/mol. The standard InChI is InChI=1S/C19H13Cl4OS/c1-24-16-2-4-17(5-3-16)25(18-8-12(20)6-13(21)9-18)19-10-14(22)7-15(23)11-19/h2-11H,1H3/q+1. The first-order valence-electron chi connectivity index (χ1n) is 7.27. The Hall–Kier alpha value is -1.03. The molecule has 0 spiro atoms. The summed E-state index contributed by atoms with van der Waals surface area (Å²) in [6.07, 6.45) is 0. The molecule has 0 radical (unpaired) electrons. The molecule has 0 saturated carbocycles. The van der Waals surface area contributed by atoms with Gasteiger partial charge in [0.1, 0.15) is 5.75 Å². The molecule has 3 rings (SSSR count). The summed E-state index contributed by atoms with van der Waals surface area (Å²) in [5.74, 6) is 0.792. The van der Waals surface area contributed by atoms with Gasteiger partial charge in [-0.25, -0.2) is 0 Å². The van der Waals surface area contributed by atoms with Gasteiger partial charge in [-0.3, -0.25) is 0 Å². The van der Waals surface area contributed by atoms with Crippen LogP contribution < -0.4 is 4.74 Å². The van der Waals surface area contributed by atoms with E-state index in [1.165, 1.54) is 0 Å². The molecule has 0 aliphatic heterocycles. The van der Waals surface area contributed by atoms with Crippen molar-refractivity contribution in [2.45, 2.75) is 14.7 Å². The fourth-order valence-electron chi connectivity index (χ4n) is 2.41. The van der Waals surface area contributed by atoms with Crippen molar-refractivity contribution in [3.63, 3.8) is 0 Å². The first kappa shape index (κ1) is 18.8. The Morgan fingerprint density at radius 3 is 1.36 bits per heavy atom. The van der Waals surface area contributed by atoms with Gasteiger partial charge in [-0.15, -0.1) is 0 Å². The van der Waals surface area contributed by atoms with Crippen LogP contribution >= 0.6 is 46.4 Å². The van der Waals surface area contributed by atoms with Gasteiger partial charge in [0.05, 0.1) is 18.0 Å². The fraction of sp³-hybridized carbons (Fsp3) is 0.0526. The number of hydrogen-bond acceptors (Lipinski definition) is 1. The molecular formula is C19H13Cl4OS+. The summed E-state index contributed by atoms with van der Waals surface area (Å²) < 4.78 is 5.26. The van der Waals surface area contributed by atoms with E-state index in [4.69, 9.17) is 51.1 Å². The van der Waals surface area contributed by atoms with Gasteiger partial charge in [-0.05, 0) is 36.4 Å². The second kappa shape index (κ2) is 8.11. The van der Waals surface area contributed by atoms with Gasteiger partial charge in [-0.2, -0.15) is 0 Å². The van der Waals surface area contributed by atoms with Crippen LogP contribution in [0.5, 0.6) is 5.75 Å². The second-order valence-electron chi connectivity index (χ2n) is 5.19. The molecule has 0 N–H and O–H groups in total. The van der Waals surface area contributed by atoms with E-state index in [1.54, 1.807) is 19.2 Å². The average molecular weight is 431 g/mol. The van der Waals surface area contributed by atoms with E-state index >= 15 is 0 Å². The summed E-state index contributed by atoms with van der Waals surface area (Å²) in [5.41, 5.74) is 0. The fourth-order valence-corrected chi connectivity index (χ4v) is 5.93. The Balaban J connectivity index is 2.19. The molecule has 3 aromatic carbocycles. The normalized spacial score (nSPS) is 11.0. The van der Waals surface area contributed by atoms with E-state index in [0.29, 0.717) is 20.1 Å². The van der Waals surface area contributed by atoms with Gasteiger partial charge in [0, 0.05) is 44.4 Å². The van der Waals surface area contributed by atoms with Crippen molar-refractivity contribution in [3.05, 3.63) is 80.8 Å². The van der Waals surface area contributed by atoms with Crippen LogP contribution in [0.25, 0.3) is 0 Å². The number of methoxy groups -OCH3 is 1. The predicted molar refractivity (Wildman–Crippen MR) is 108 cm³/mol. The molecule has 0 saturated heterocycles. The molecule has 0 unspecified atom stereocenters. The number of hydrogen-bond donors (Lipinski definition) is 0. The van der Waals surface area contributed by atoms with Crippen molar-refractivity contribution in [3.8, 4) is 5.75 Å². The summed E-state index contributed by atoms with van der Waals surface area (Å²) in [6, 6.07) is 19.0. The summed E-state index contributed by atoms with van der Waals surface area (Å²) in [4.78, 5) is 3.06. The Morgan fingerprint density at radius 1 is 0.600 bits per heavy atom. The molecule has 0 aliphatic rings. The smallest absolute Gasteiger partial charge is 0.169 e. The molecule has 128 valence electrons. The number of halogens is 4. The second-order valence-corrected chi connectivity index (χ2v) is 8.96. The highest BCUT2D eigenvalue weighted by molar-refractivity contribution is 7.97. The average Bonchev–Trinajstić information content (AvgIpc) is 2.54. The number of benzene rings is 3. The molecule has 0 fully saturated rings. The lowest BCUT2D eigenvalue weighted by Gasteiger charge is -2.10. The monoisotopic (exact) mass is 429 g/mol. The third-order valence-electron chi connectivity index (χ3n) is 3.44.